The normalized spacial score (nSPS) is 12.2. The Morgan fingerprint density at radius 1 is 1.05 bits per heavy atom. The molecular weight excluding hydrogens is 462 g/mol. The fourth-order valence-electron chi connectivity index (χ4n) is 2.21. The molecule has 0 aliphatic carbocycles. The molecule has 1 unspecified atom stereocenters. The summed E-state index contributed by atoms with van der Waals surface area (Å²) in [6.07, 6.45) is 0. The smallest absolute Gasteiger partial charge is 0.133 e. The second kappa shape index (κ2) is 7.77. The van der Waals surface area contributed by atoms with E-state index in [0.29, 0.717) is 6.61 Å². The lowest BCUT2D eigenvalue weighted by atomic mass is 9.99. The van der Waals surface area contributed by atoms with Crippen LogP contribution in [0.2, 0.25) is 0 Å². The summed E-state index contributed by atoms with van der Waals surface area (Å²) in [5.41, 5.74) is 2.37. The van der Waals surface area contributed by atoms with Crippen LogP contribution in [0.3, 0.4) is 0 Å². The van der Waals surface area contributed by atoms with E-state index in [0.717, 1.165) is 19.2 Å². The van der Waals surface area contributed by atoms with Gasteiger partial charge >= 0.3 is 0 Å². The van der Waals surface area contributed by atoms with Crippen LogP contribution in [-0.4, -0.2) is 13.7 Å². The zero-order valence-electron chi connectivity index (χ0n) is 11.8. The lowest BCUT2D eigenvalue weighted by molar-refractivity contribution is 0.338. The zero-order chi connectivity index (χ0) is 15.4. The van der Waals surface area contributed by atoms with Gasteiger partial charge in [-0.15, -0.1) is 0 Å². The van der Waals surface area contributed by atoms with E-state index in [1.165, 1.54) is 11.1 Å². The Hall–Kier alpha value is -0.360. The molecule has 0 spiro atoms. The Bertz CT molecular complexity index is 631. The monoisotopic (exact) mass is 475 g/mol. The predicted octanol–water partition coefficient (Wildman–Crippen LogP) is 5.68. The van der Waals surface area contributed by atoms with Gasteiger partial charge in [0.1, 0.15) is 5.75 Å². The summed E-state index contributed by atoms with van der Waals surface area (Å²) in [6.45, 7) is 2.64. The number of hydrogen-bond donors (Lipinski definition) is 1. The van der Waals surface area contributed by atoms with Gasteiger partial charge in [0.05, 0.1) is 17.1 Å². The number of benzene rings is 2. The molecule has 0 aliphatic rings. The minimum absolute atomic E-state index is 0.111. The summed E-state index contributed by atoms with van der Waals surface area (Å²) in [7, 11) is 1.96. The van der Waals surface area contributed by atoms with Gasteiger partial charge in [0.25, 0.3) is 0 Å². The molecule has 0 saturated heterocycles. The van der Waals surface area contributed by atoms with E-state index in [2.05, 4.69) is 77.4 Å². The van der Waals surface area contributed by atoms with Crippen LogP contribution in [0.1, 0.15) is 24.1 Å². The fourth-order valence-corrected chi connectivity index (χ4v) is 3.99. The van der Waals surface area contributed by atoms with Gasteiger partial charge in [0, 0.05) is 8.95 Å². The lowest BCUT2D eigenvalue weighted by Gasteiger charge is -2.20. The number of halogens is 3. The van der Waals surface area contributed by atoms with Crippen LogP contribution in [0.25, 0.3) is 0 Å². The second-order valence-electron chi connectivity index (χ2n) is 4.51. The van der Waals surface area contributed by atoms with Crippen molar-refractivity contribution in [2.75, 3.05) is 13.7 Å². The van der Waals surface area contributed by atoms with E-state index in [1.54, 1.807) is 0 Å². The molecule has 0 fully saturated rings. The molecule has 0 amide bonds. The summed E-state index contributed by atoms with van der Waals surface area (Å²) < 4.78 is 8.66. The summed E-state index contributed by atoms with van der Waals surface area (Å²) in [5, 5.41) is 3.37. The largest absolute Gasteiger partial charge is 0.493 e. The molecule has 0 radical (unpaired) electrons. The molecule has 1 atom stereocenters. The van der Waals surface area contributed by atoms with Crippen molar-refractivity contribution in [1.82, 2.24) is 5.32 Å². The fraction of sp³-hybridized carbons (Fsp3) is 0.250. The third-order valence-electron chi connectivity index (χ3n) is 3.15. The van der Waals surface area contributed by atoms with Crippen molar-refractivity contribution in [3.63, 3.8) is 0 Å². The SMILES string of the molecule is CCOc1ccc(C(NC)c2ccc(Br)cc2Br)cc1Br. The number of ether oxygens (including phenoxy) is 1. The van der Waals surface area contributed by atoms with Crippen molar-refractivity contribution < 1.29 is 4.74 Å². The van der Waals surface area contributed by atoms with E-state index in [-0.39, 0.29) is 6.04 Å². The van der Waals surface area contributed by atoms with E-state index in [1.807, 2.05) is 26.1 Å². The van der Waals surface area contributed by atoms with E-state index in [9.17, 15) is 0 Å². The Morgan fingerprint density at radius 2 is 1.81 bits per heavy atom. The first kappa shape index (κ1) is 17.0. The molecule has 2 aromatic carbocycles. The maximum absolute atomic E-state index is 5.57. The lowest BCUT2D eigenvalue weighted by Crippen LogP contribution is -2.18. The average molecular weight is 478 g/mol. The molecule has 112 valence electrons. The topological polar surface area (TPSA) is 21.3 Å². The molecule has 2 nitrogen and oxygen atoms in total. The van der Waals surface area contributed by atoms with Crippen molar-refractivity contribution in [3.05, 3.63) is 60.9 Å². The van der Waals surface area contributed by atoms with Crippen LogP contribution in [0.15, 0.2) is 49.8 Å². The molecule has 2 aromatic rings. The van der Waals surface area contributed by atoms with Gasteiger partial charge in [-0.2, -0.15) is 0 Å². The number of hydrogen-bond acceptors (Lipinski definition) is 2. The van der Waals surface area contributed by atoms with Crippen molar-refractivity contribution in [1.29, 1.82) is 0 Å². The summed E-state index contributed by atoms with van der Waals surface area (Å²) >= 11 is 10.7. The molecule has 0 aromatic heterocycles. The highest BCUT2D eigenvalue weighted by Gasteiger charge is 2.16. The van der Waals surface area contributed by atoms with Gasteiger partial charge in [-0.25, -0.2) is 0 Å². The zero-order valence-corrected chi connectivity index (χ0v) is 16.5. The first-order valence-corrected chi connectivity index (χ1v) is 8.99. The Kier molecular flexibility index (Phi) is 6.29. The maximum Gasteiger partial charge on any atom is 0.133 e. The molecule has 0 bridgehead atoms. The number of nitrogens with one attached hydrogen (secondary N) is 1. The third kappa shape index (κ3) is 4.09. The van der Waals surface area contributed by atoms with Gasteiger partial charge in [-0.05, 0) is 65.3 Å². The van der Waals surface area contributed by atoms with E-state index in [4.69, 9.17) is 4.74 Å². The van der Waals surface area contributed by atoms with E-state index < -0.39 is 0 Å². The van der Waals surface area contributed by atoms with E-state index >= 15 is 0 Å². The second-order valence-corrected chi connectivity index (χ2v) is 7.13. The summed E-state index contributed by atoms with van der Waals surface area (Å²) in [4.78, 5) is 0. The van der Waals surface area contributed by atoms with Gasteiger partial charge < -0.3 is 10.1 Å². The highest BCUT2D eigenvalue weighted by molar-refractivity contribution is 9.11. The van der Waals surface area contributed by atoms with Crippen LogP contribution in [0.5, 0.6) is 5.75 Å². The highest BCUT2D eigenvalue weighted by atomic mass is 79.9. The van der Waals surface area contributed by atoms with Crippen LogP contribution in [-0.2, 0) is 0 Å². The Labute approximate surface area is 150 Å². The maximum atomic E-state index is 5.57. The standard InChI is InChI=1S/C16H16Br3NO/c1-3-21-15-7-4-10(8-14(15)19)16(20-2)12-6-5-11(17)9-13(12)18/h4-9,16,20H,3H2,1-2H3. The molecule has 0 heterocycles. The molecular formula is C16H16Br3NO. The molecule has 0 saturated carbocycles. The summed E-state index contributed by atoms with van der Waals surface area (Å²) in [6, 6.07) is 12.5. The van der Waals surface area contributed by atoms with Crippen LogP contribution in [0.4, 0.5) is 0 Å². The Morgan fingerprint density at radius 3 is 2.38 bits per heavy atom. The molecule has 5 heteroatoms. The van der Waals surface area contributed by atoms with Crippen LogP contribution < -0.4 is 10.1 Å². The molecule has 0 aliphatic heterocycles. The quantitative estimate of drug-likeness (QED) is 0.598. The summed E-state index contributed by atoms with van der Waals surface area (Å²) in [5.74, 6) is 0.867. The van der Waals surface area contributed by atoms with Gasteiger partial charge in [-0.3, -0.25) is 0 Å². The molecule has 21 heavy (non-hydrogen) atoms. The third-order valence-corrected chi connectivity index (χ3v) is 4.95. The van der Waals surface area contributed by atoms with Crippen molar-refractivity contribution in [2.24, 2.45) is 0 Å². The van der Waals surface area contributed by atoms with Gasteiger partial charge in [-0.1, -0.05) is 44.0 Å². The minimum atomic E-state index is 0.111. The van der Waals surface area contributed by atoms with Crippen molar-refractivity contribution >= 4 is 47.8 Å². The Balaban J connectivity index is 2.39. The van der Waals surface area contributed by atoms with Gasteiger partial charge in [0.15, 0.2) is 0 Å². The average Bonchev–Trinajstić information content (AvgIpc) is 2.45. The first-order valence-electron chi connectivity index (χ1n) is 6.61. The minimum Gasteiger partial charge on any atom is -0.493 e. The van der Waals surface area contributed by atoms with Gasteiger partial charge in [0.2, 0.25) is 0 Å². The van der Waals surface area contributed by atoms with Crippen molar-refractivity contribution in [3.8, 4) is 5.75 Å². The predicted molar refractivity (Wildman–Crippen MR) is 98.1 cm³/mol. The van der Waals surface area contributed by atoms with Crippen LogP contribution >= 0.6 is 47.8 Å². The van der Waals surface area contributed by atoms with Crippen molar-refractivity contribution in [2.45, 2.75) is 13.0 Å². The highest BCUT2D eigenvalue weighted by Crippen LogP contribution is 2.34. The number of rotatable bonds is 5. The molecule has 1 N–H and O–H groups in total. The first-order chi connectivity index (χ1) is 10.1. The molecule has 2 rings (SSSR count). The van der Waals surface area contributed by atoms with Crippen LogP contribution in [0, 0.1) is 0 Å².